The van der Waals surface area contributed by atoms with E-state index in [9.17, 15) is 4.79 Å². The summed E-state index contributed by atoms with van der Waals surface area (Å²) in [5, 5.41) is 5.96. The van der Waals surface area contributed by atoms with Gasteiger partial charge in [0.05, 0.1) is 23.7 Å². The van der Waals surface area contributed by atoms with E-state index >= 15 is 0 Å². The summed E-state index contributed by atoms with van der Waals surface area (Å²) in [4.78, 5) is 18.4. The van der Waals surface area contributed by atoms with E-state index < -0.39 is 0 Å². The number of ether oxygens (including phenoxy) is 2. The van der Waals surface area contributed by atoms with E-state index in [1.807, 2.05) is 67.6 Å². The number of aromatic nitrogens is 2. The maximum atomic E-state index is 13.6. The third kappa shape index (κ3) is 5.51. The molecule has 0 N–H and O–H groups in total. The van der Waals surface area contributed by atoms with Crippen molar-refractivity contribution in [3.63, 3.8) is 0 Å². The number of hydrogen-bond acceptors (Lipinski definition) is 6. The van der Waals surface area contributed by atoms with Crippen LogP contribution in [-0.4, -0.2) is 22.5 Å². The molecule has 41 heavy (non-hydrogen) atoms. The molecule has 2 aromatic heterocycles. The first-order valence-electron chi connectivity index (χ1n) is 13.2. The van der Waals surface area contributed by atoms with Gasteiger partial charge in [0.2, 0.25) is 5.82 Å². The van der Waals surface area contributed by atoms with Crippen molar-refractivity contribution < 1.29 is 13.9 Å². The fraction of sp³-hybridized carbons (Fsp3) is 0.121. The summed E-state index contributed by atoms with van der Waals surface area (Å²) in [5.41, 5.74) is 3.91. The van der Waals surface area contributed by atoms with E-state index in [4.69, 9.17) is 18.9 Å². The molecule has 0 radical (unpaired) electrons. The second-order valence-electron chi connectivity index (χ2n) is 9.49. The van der Waals surface area contributed by atoms with Crippen molar-refractivity contribution in [1.29, 1.82) is 0 Å². The molecule has 6 aromatic rings. The molecule has 0 spiro atoms. The van der Waals surface area contributed by atoms with E-state index in [1.165, 1.54) is 10.2 Å². The van der Waals surface area contributed by atoms with Crippen molar-refractivity contribution in [3.8, 4) is 23.1 Å². The quantitative estimate of drug-likeness (QED) is 0.165. The van der Waals surface area contributed by atoms with Gasteiger partial charge in [-0.15, -0.1) is 0 Å². The van der Waals surface area contributed by atoms with Gasteiger partial charge in [-0.3, -0.25) is 4.79 Å². The van der Waals surface area contributed by atoms with Crippen LogP contribution in [0.2, 0.25) is 0 Å². The van der Waals surface area contributed by atoms with Crippen LogP contribution in [0, 0.1) is 6.92 Å². The molecule has 0 amide bonds. The molecule has 0 aliphatic heterocycles. The van der Waals surface area contributed by atoms with Crippen molar-refractivity contribution >= 4 is 44.0 Å². The van der Waals surface area contributed by atoms with Gasteiger partial charge in [-0.05, 0) is 71.7 Å². The van der Waals surface area contributed by atoms with Crippen LogP contribution in [0.25, 0.3) is 33.5 Å². The number of hydrogen-bond donors (Lipinski definition) is 0. The lowest BCUT2D eigenvalue weighted by Gasteiger charge is -2.14. The molecule has 0 atom stereocenters. The fourth-order valence-corrected chi connectivity index (χ4v) is 4.90. The number of fused-ring (bicyclic) bond motifs is 2. The molecule has 4 aromatic carbocycles. The SMILES string of the molecule is CCOc1cc(C=Nn2c(-c3cc4ccccc4o3)nc3ccccc3c2=O)c(Br)cc1OCc1ccc(C)cc1. The van der Waals surface area contributed by atoms with Crippen molar-refractivity contribution in [3.05, 3.63) is 123 Å². The molecule has 0 bridgehead atoms. The Balaban J connectivity index is 1.40. The summed E-state index contributed by atoms with van der Waals surface area (Å²) in [6, 6.07) is 28.6. The van der Waals surface area contributed by atoms with Crippen LogP contribution in [0.3, 0.4) is 0 Å². The van der Waals surface area contributed by atoms with Crippen LogP contribution in [0.4, 0.5) is 0 Å². The first kappa shape index (κ1) is 26.5. The average Bonchev–Trinajstić information content (AvgIpc) is 3.42. The van der Waals surface area contributed by atoms with Gasteiger partial charge in [0.1, 0.15) is 12.2 Å². The minimum absolute atomic E-state index is 0.304. The summed E-state index contributed by atoms with van der Waals surface area (Å²) in [5.74, 6) is 1.93. The Labute approximate surface area is 244 Å². The van der Waals surface area contributed by atoms with Gasteiger partial charge in [-0.1, -0.05) is 60.2 Å². The average molecular weight is 608 g/mol. The summed E-state index contributed by atoms with van der Waals surface area (Å²) in [7, 11) is 0. The van der Waals surface area contributed by atoms with Crippen LogP contribution < -0.4 is 15.0 Å². The number of rotatable bonds is 8. The smallest absolute Gasteiger partial charge is 0.282 e. The number of aryl methyl sites for hydroxylation is 1. The lowest BCUT2D eigenvalue weighted by molar-refractivity contribution is 0.269. The molecular formula is C33H26BrN3O4. The summed E-state index contributed by atoms with van der Waals surface area (Å²) in [6.45, 7) is 4.83. The first-order chi connectivity index (χ1) is 20.0. The van der Waals surface area contributed by atoms with Gasteiger partial charge < -0.3 is 13.9 Å². The number of benzene rings is 4. The Bertz CT molecular complexity index is 1930. The van der Waals surface area contributed by atoms with E-state index in [-0.39, 0.29) is 5.56 Å². The summed E-state index contributed by atoms with van der Waals surface area (Å²) < 4.78 is 20.1. The summed E-state index contributed by atoms with van der Waals surface area (Å²) >= 11 is 3.64. The molecule has 2 heterocycles. The van der Waals surface area contributed by atoms with Crippen molar-refractivity contribution in [2.24, 2.45) is 5.10 Å². The first-order valence-corrected chi connectivity index (χ1v) is 14.0. The van der Waals surface area contributed by atoms with Crippen molar-refractivity contribution in [1.82, 2.24) is 9.66 Å². The normalized spacial score (nSPS) is 11.5. The molecule has 0 unspecified atom stereocenters. The topological polar surface area (TPSA) is 78.9 Å². The van der Waals surface area contributed by atoms with Crippen LogP contribution in [-0.2, 0) is 6.61 Å². The molecule has 0 aliphatic rings. The van der Waals surface area contributed by atoms with Gasteiger partial charge in [-0.25, -0.2) is 4.98 Å². The van der Waals surface area contributed by atoms with E-state index in [2.05, 4.69) is 40.1 Å². The molecule has 7 nitrogen and oxygen atoms in total. The van der Waals surface area contributed by atoms with Crippen LogP contribution in [0.5, 0.6) is 11.5 Å². The number of nitrogens with zero attached hydrogens (tertiary/aromatic N) is 3. The van der Waals surface area contributed by atoms with Crippen LogP contribution in [0.15, 0.2) is 110 Å². The number of para-hydroxylation sites is 2. The maximum Gasteiger partial charge on any atom is 0.282 e. The van der Waals surface area contributed by atoms with E-state index in [1.54, 1.807) is 24.4 Å². The van der Waals surface area contributed by atoms with Crippen LogP contribution >= 0.6 is 15.9 Å². The lowest BCUT2D eigenvalue weighted by atomic mass is 10.1. The Morgan fingerprint density at radius 3 is 2.51 bits per heavy atom. The minimum atomic E-state index is -0.304. The van der Waals surface area contributed by atoms with Crippen LogP contribution in [0.1, 0.15) is 23.6 Å². The third-order valence-electron chi connectivity index (χ3n) is 6.59. The maximum absolute atomic E-state index is 13.6. The highest BCUT2D eigenvalue weighted by Gasteiger charge is 2.17. The predicted molar refractivity (Wildman–Crippen MR) is 165 cm³/mol. The predicted octanol–water partition coefficient (Wildman–Crippen LogP) is 7.74. The second-order valence-corrected chi connectivity index (χ2v) is 10.3. The minimum Gasteiger partial charge on any atom is -0.490 e. The zero-order valence-corrected chi connectivity index (χ0v) is 24.1. The number of furan rings is 1. The van der Waals surface area contributed by atoms with Gasteiger partial charge in [0.25, 0.3) is 5.56 Å². The Morgan fingerprint density at radius 1 is 0.951 bits per heavy atom. The molecule has 0 saturated heterocycles. The second kappa shape index (κ2) is 11.4. The zero-order valence-electron chi connectivity index (χ0n) is 22.5. The van der Waals surface area contributed by atoms with Crippen molar-refractivity contribution in [2.45, 2.75) is 20.5 Å². The fourth-order valence-electron chi connectivity index (χ4n) is 4.48. The standard InChI is InChI=1S/C33H26BrN3O4/c1-3-39-29-17-24(26(34)18-30(29)40-20-22-14-12-21(2)13-15-22)19-35-37-32(31-16-23-8-4-7-11-28(23)41-31)36-27-10-6-5-9-25(27)33(37)38/h4-19H,3,20H2,1-2H3. The third-order valence-corrected chi connectivity index (χ3v) is 7.28. The number of halogens is 1. The van der Waals surface area contributed by atoms with E-state index in [0.717, 1.165) is 15.4 Å². The molecule has 6 rings (SSSR count). The molecule has 8 heteroatoms. The Hall–Kier alpha value is -4.69. The van der Waals surface area contributed by atoms with Gasteiger partial charge in [0.15, 0.2) is 17.3 Å². The Morgan fingerprint density at radius 2 is 1.71 bits per heavy atom. The van der Waals surface area contributed by atoms with E-state index in [0.29, 0.717) is 58.3 Å². The molecule has 204 valence electrons. The lowest BCUT2D eigenvalue weighted by Crippen LogP contribution is -2.20. The largest absolute Gasteiger partial charge is 0.490 e. The Kier molecular flexibility index (Phi) is 7.39. The van der Waals surface area contributed by atoms with Gasteiger partial charge in [-0.2, -0.15) is 9.78 Å². The monoisotopic (exact) mass is 607 g/mol. The van der Waals surface area contributed by atoms with Gasteiger partial charge >= 0.3 is 0 Å². The molecule has 0 saturated carbocycles. The molecule has 0 aliphatic carbocycles. The van der Waals surface area contributed by atoms with Crippen molar-refractivity contribution in [2.75, 3.05) is 6.61 Å². The highest BCUT2D eigenvalue weighted by molar-refractivity contribution is 9.10. The highest BCUT2D eigenvalue weighted by atomic mass is 79.9. The highest BCUT2D eigenvalue weighted by Crippen LogP contribution is 2.34. The molecule has 0 fully saturated rings. The summed E-state index contributed by atoms with van der Waals surface area (Å²) in [6.07, 6.45) is 1.60. The molecular weight excluding hydrogens is 582 g/mol. The van der Waals surface area contributed by atoms with Gasteiger partial charge in [0, 0.05) is 15.4 Å². The zero-order chi connectivity index (χ0) is 28.3.